The van der Waals surface area contributed by atoms with Crippen LogP contribution in [0.25, 0.3) is 0 Å². The Morgan fingerprint density at radius 2 is 0.600 bits per heavy atom. The molecule has 0 spiro atoms. The number of halogens is 1. The Morgan fingerprint density at radius 1 is 0.329 bits per heavy atom. The van der Waals surface area contributed by atoms with Gasteiger partial charge in [0.1, 0.15) is 19.6 Å². The summed E-state index contributed by atoms with van der Waals surface area (Å²) >= 11 is 2.34. The van der Waals surface area contributed by atoms with Gasteiger partial charge < -0.3 is 9.47 Å². The highest BCUT2D eigenvalue weighted by Crippen LogP contribution is 2.41. The van der Waals surface area contributed by atoms with Crippen LogP contribution in [0.5, 0.6) is 11.5 Å². The molecule has 476 valence electrons. The van der Waals surface area contributed by atoms with Crippen molar-refractivity contribution in [2.24, 2.45) is 0 Å². The van der Waals surface area contributed by atoms with Crippen LogP contribution in [0.3, 0.4) is 0 Å². The molecule has 0 bridgehead atoms. The van der Waals surface area contributed by atoms with E-state index in [1.54, 1.807) is 0 Å². The van der Waals surface area contributed by atoms with Gasteiger partial charge in [-0.05, 0) is 151 Å². The molecule has 0 saturated carbocycles. The van der Waals surface area contributed by atoms with Crippen molar-refractivity contribution in [1.82, 2.24) is 0 Å². The minimum absolute atomic E-state index is 0.661. The summed E-state index contributed by atoms with van der Waals surface area (Å²) in [5, 5.41) is 0. The van der Waals surface area contributed by atoms with Crippen LogP contribution in [-0.2, 0) is 0 Å². The van der Waals surface area contributed by atoms with Gasteiger partial charge in [0, 0.05) is 33.1 Å². The van der Waals surface area contributed by atoms with Crippen molar-refractivity contribution in [3.8, 4) is 46.6 Å². The fourth-order valence-corrected chi connectivity index (χ4v) is 18.7. The molecule has 0 aliphatic carbocycles. The number of hydrogen-bond acceptors (Lipinski definition) is 2. The average Bonchev–Trinajstić information content (AvgIpc) is 3.31. The predicted octanol–water partition coefficient (Wildman–Crippen LogP) is 26.5. The van der Waals surface area contributed by atoms with E-state index in [4.69, 9.17) is 9.47 Å². The van der Waals surface area contributed by atoms with Gasteiger partial charge in [0.2, 0.25) is 0 Å². The van der Waals surface area contributed by atoms with E-state index in [2.05, 4.69) is 174 Å². The smallest absolute Gasteiger partial charge is 0.146 e. The Morgan fingerprint density at radius 3 is 0.918 bits per heavy atom. The lowest BCUT2D eigenvalue weighted by atomic mass is 10.0. The highest BCUT2D eigenvalue weighted by Gasteiger charge is 2.41. The standard InChI is InChI=1S/C81H129IO2Si/c1-71(2)85(72(3)4,73(5)6)68-65-77-59-57-76(58-60-77)55-51-47-43-39-35-31-27-23-19-15-11-9-14-18-22-26-30-34-38-42-46-50-54-67-84-81-74(7)69-78(70-75(81)8)56-52-48-44-40-36-32-28-24-20-16-12-10-13-17-21-25-29-33-37-41-45-49-53-66-83-80-63-61-79(82)62-64-80/h57-64,69-73H,9-50,53-54,66-67H2,1-8H3. The van der Waals surface area contributed by atoms with Crippen LogP contribution in [0.2, 0.25) is 16.6 Å². The molecule has 3 aromatic carbocycles. The third kappa shape index (κ3) is 38.1. The van der Waals surface area contributed by atoms with Gasteiger partial charge in [-0.1, -0.05) is 315 Å². The molecule has 2 nitrogen and oxygen atoms in total. The van der Waals surface area contributed by atoms with Crippen LogP contribution in [0, 0.1) is 52.6 Å². The monoisotopic (exact) mass is 1290 g/mol. The van der Waals surface area contributed by atoms with Gasteiger partial charge >= 0.3 is 0 Å². The van der Waals surface area contributed by atoms with Crippen molar-refractivity contribution in [3.05, 3.63) is 92.1 Å². The van der Waals surface area contributed by atoms with Crippen LogP contribution in [-0.4, -0.2) is 21.3 Å². The fourth-order valence-electron chi connectivity index (χ4n) is 13.1. The van der Waals surface area contributed by atoms with Gasteiger partial charge in [0.15, 0.2) is 0 Å². The lowest BCUT2D eigenvalue weighted by Gasteiger charge is -2.38. The number of rotatable bonds is 51. The molecule has 3 rings (SSSR count). The molecule has 0 heterocycles. The van der Waals surface area contributed by atoms with Crippen LogP contribution in [0.15, 0.2) is 60.7 Å². The molecular formula is C81H129IO2Si. The molecule has 0 amide bonds. The zero-order chi connectivity index (χ0) is 61.1. The number of ether oxygens (including phenoxy) is 2. The van der Waals surface area contributed by atoms with Gasteiger partial charge in [0.25, 0.3) is 0 Å². The van der Waals surface area contributed by atoms with Crippen molar-refractivity contribution < 1.29 is 9.47 Å². The topological polar surface area (TPSA) is 18.5 Å². The lowest BCUT2D eigenvalue weighted by Crippen LogP contribution is -2.43. The summed E-state index contributed by atoms with van der Waals surface area (Å²) < 4.78 is 13.4. The second-order valence-corrected chi connectivity index (χ2v) is 33.6. The third-order valence-corrected chi connectivity index (χ3v) is 25.3. The van der Waals surface area contributed by atoms with E-state index < -0.39 is 8.07 Å². The van der Waals surface area contributed by atoms with Gasteiger partial charge in [0.05, 0.1) is 13.2 Å². The van der Waals surface area contributed by atoms with Gasteiger partial charge in [-0.15, -0.1) is 5.54 Å². The van der Waals surface area contributed by atoms with E-state index in [9.17, 15) is 0 Å². The SMILES string of the molecule is Cc1cc(C#CCCCCCCCCCCCCCCCCCCCCCCCOc2ccc(I)cc2)cc(C)c1OCCCCCCCCCCCCCCCCCCCCCCCC#Cc1ccc(C#C[Si](C(C)C)(C(C)C)C(C)C)cc1. The van der Waals surface area contributed by atoms with Crippen LogP contribution < -0.4 is 9.47 Å². The summed E-state index contributed by atoms with van der Waals surface area (Å²) in [5.41, 5.74) is 11.7. The van der Waals surface area contributed by atoms with E-state index in [1.165, 1.54) is 278 Å². The quantitative estimate of drug-likeness (QED) is 0.0243. The molecule has 4 heteroatoms. The first kappa shape index (κ1) is 76.1. The number of unbranched alkanes of at least 4 members (excludes halogenated alkanes) is 42. The maximum Gasteiger partial charge on any atom is 0.146 e. The first-order chi connectivity index (χ1) is 41.5. The van der Waals surface area contributed by atoms with Crippen LogP contribution in [0.1, 0.15) is 352 Å². The minimum atomic E-state index is -1.70. The first-order valence-corrected chi connectivity index (χ1v) is 39.6. The summed E-state index contributed by atoms with van der Waals surface area (Å²) in [4.78, 5) is 0. The molecule has 0 unspecified atom stereocenters. The van der Waals surface area contributed by atoms with E-state index >= 15 is 0 Å². The maximum absolute atomic E-state index is 6.31. The van der Waals surface area contributed by atoms with Crippen molar-refractivity contribution in [1.29, 1.82) is 0 Å². The van der Waals surface area contributed by atoms with Crippen molar-refractivity contribution >= 4 is 30.7 Å². The molecule has 3 aromatic rings. The zero-order valence-corrected chi connectivity index (χ0v) is 59.9. The van der Waals surface area contributed by atoms with E-state index in [0.717, 1.165) is 60.7 Å². The van der Waals surface area contributed by atoms with E-state index in [0.29, 0.717) is 16.6 Å². The van der Waals surface area contributed by atoms with Crippen LogP contribution in [0.4, 0.5) is 0 Å². The second kappa shape index (κ2) is 51.7. The summed E-state index contributed by atoms with van der Waals surface area (Å²) in [7, 11) is -1.70. The molecule has 0 aliphatic rings. The molecular weight excluding hydrogens is 1160 g/mol. The van der Waals surface area contributed by atoms with Gasteiger partial charge in [-0.2, -0.15) is 0 Å². The highest BCUT2D eigenvalue weighted by atomic mass is 127. The average molecular weight is 1290 g/mol. The largest absolute Gasteiger partial charge is 0.494 e. The fraction of sp³-hybridized carbons (Fsp3) is 0.704. The van der Waals surface area contributed by atoms with Gasteiger partial charge in [-0.25, -0.2) is 0 Å². The summed E-state index contributed by atoms with van der Waals surface area (Å²) in [6.07, 6.45) is 60.2. The molecule has 0 saturated heterocycles. The lowest BCUT2D eigenvalue weighted by molar-refractivity contribution is 0.300. The molecule has 0 N–H and O–H groups in total. The molecule has 0 atom stereocenters. The Hall–Kier alpha value is -3.11. The summed E-state index contributed by atoms with van der Waals surface area (Å²) in [5.74, 6) is 19.4. The van der Waals surface area contributed by atoms with E-state index in [-0.39, 0.29) is 0 Å². The summed E-state index contributed by atoms with van der Waals surface area (Å²) in [6.45, 7) is 20.3. The Balaban J connectivity index is 0.995. The Labute approximate surface area is 542 Å². The molecule has 0 aromatic heterocycles. The van der Waals surface area contributed by atoms with Gasteiger partial charge in [-0.3, -0.25) is 0 Å². The van der Waals surface area contributed by atoms with E-state index in [1.807, 2.05) is 0 Å². The predicted molar refractivity (Wildman–Crippen MR) is 387 cm³/mol. The van der Waals surface area contributed by atoms with Crippen molar-refractivity contribution in [3.63, 3.8) is 0 Å². The minimum Gasteiger partial charge on any atom is -0.494 e. The number of aryl methyl sites for hydroxylation is 2. The number of hydrogen-bond donors (Lipinski definition) is 0. The highest BCUT2D eigenvalue weighted by molar-refractivity contribution is 14.1. The van der Waals surface area contributed by atoms with Crippen LogP contribution >= 0.6 is 22.6 Å². The first-order valence-electron chi connectivity index (χ1n) is 36.3. The molecule has 0 aliphatic heterocycles. The Kier molecular flexibility index (Phi) is 46.3. The maximum atomic E-state index is 6.31. The normalized spacial score (nSPS) is 11.4. The summed E-state index contributed by atoms with van der Waals surface area (Å²) in [6, 6.07) is 21.5. The molecule has 0 fully saturated rings. The molecule has 0 radical (unpaired) electrons. The third-order valence-electron chi connectivity index (χ3n) is 18.3. The Bertz CT molecular complexity index is 2210. The van der Waals surface area contributed by atoms with Crippen molar-refractivity contribution in [2.75, 3.05) is 13.2 Å². The number of benzene rings is 3. The molecule has 85 heavy (non-hydrogen) atoms. The second-order valence-electron chi connectivity index (χ2n) is 26.8. The zero-order valence-electron chi connectivity index (χ0n) is 56.7. The van der Waals surface area contributed by atoms with Crippen molar-refractivity contribution in [2.45, 2.75) is 355 Å².